The first-order chi connectivity index (χ1) is 16.1. The van der Waals surface area contributed by atoms with Gasteiger partial charge in [-0.3, -0.25) is 4.79 Å². The van der Waals surface area contributed by atoms with E-state index in [1.54, 1.807) is 0 Å². The van der Waals surface area contributed by atoms with E-state index in [0.29, 0.717) is 19.3 Å². The molecule has 0 bridgehead atoms. The van der Waals surface area contributed by atoms with E-state index >= 15 is 0 Å². The summed E-state index contributed by atoms with van der Waals surface area (Å²) in [6.07, 6.45) is -4.98. The molecule has 7 nitrogen and oxygen atoms in total. The molecule has 34 heavy (non-hydrogen) atoms. The normalized spacial score (nSPS) is 17.0. The second-order valence-electron chi connectivity index (χ2n) is 8.64. The number of alkyl halides is 3. The second kappa shape index (κ2) is 9.00. The van der Waals surface area contributed by atoms with Gasteiger partial charge in [0.05, 0.1) is 5.54 Å². The van der Waals surface area contributed by atoms with Gasteiger partial charge in [-0.15, -0.1) is 0 Å². The number of carboxylic acids is 1. The molecule has 180 valence electrons. The molecule has 0 saturated heterocycles. The van der Waals surface area contributed by atoms with Gasteiger partial charge in [0.2, 0.25) is 11.9 Å². The quantitative estimate of drug-likeness (QED) is 0.561. The first-order valence-corrected chi connectivity index (χ1v) is 10.8. The molecule has 3 N–H and O–H groups in total. The summed E-state index contributed by atoms with van der Waals surface area (Å²) in [6.45, 7) is 0.0529. The van der Waals surface area contributed by atoms with E-state index in [1.807, 2.05) is 48.5 Å². The van der Waals surface area contributed by atoms with Crippen molar-refractivity contribution >= 4 is 18.0 Å². The van der Waals surface area contributed by atoms with Crippen LogP contribution in [-0.2, 0) is 14.3 Å². The molecule has 1 unspecified atom stereocenters. The fourth-order valence-electron chi connectivity index (χ4n) is 4.60. The lowest BCUT2D eigenvalue weighted by atomic mass is 9.74. The molecule has 10 heteroatoms. The lowest BCUT2D eigenvalue weighted by Gasteiger charge is -2.41. The maximum absolute atomic E-state index is 12.8. The molecule has 0 aromatic heterocycles. The first-order valence-electron chi connectivity index (χ1n) is 10.8. The van der Waals surface area contributed by atoms with E-state index in [9.17, 15) is 27.6 Å². The summed E-state index contributed by atoms with van der Waals surface area (Å²) in [5, 5.41) is 12.9. The highest BCUT2D eigenvalue weighted by Crippen LogP contribution is 2.44. The van der Waals surface area contributed by atoms with Crippen LogP contribution in [0.2, 0.25) is 0 Å². The zero-order chi connectivity index (χ0) is 24.5. The summed E-state index contributed by atoms with van der Waals surface area (Å²) in [5.41, 5.74) is 3.12. The molecule has 1 fully saturated rings. The minimum atomic E-state index is -5.13. The number of ether oxygens (including phenoxy) is 1. The number of fused-ring (bicyclic) bond motifs is 3. The number of nitrogens with one attached hydrogen (secondary N) is 2. The van der Waals surface area contributed by atoms with Crippen LogP contribution in [0.4, 0.5) is 18.0 Å². The lowest BCUT2D eigenvalue weighted by molar-refractivity contribution is -0.182. The predicted molar refractivity (Wildman–Crippen MR) is 115 cm³/mol. The van der Waals surface area contributed by atoms with E-state index in [1.165, 1.54) is 5.32 Å². The van der Waals surface area contributed by atoms with Gasteiger partial charge in [-0.05, 0) is 41.5 Å². The second-order valence-corrected chi connectivity index (χ2v) is 8.64. The van der Waals surface area contributed by atoms with Crippen molar-refractivity contribution in [3.8, 4) is 11.1 Å². The molecule has 0 spiro atoms. The van der Waals surface area contributed by atoms with Gasteiger partial charge in [0.25, 0.3) is 0 Å². The van der Waals surface area contributed by atoms with Crippen LogP contribution in [0.25, 0.3) is 11.1 Å². The van der Waals surface area contributed by atoms with Gasteiger partial charge in [-0.2, -0.15) is 13.2 Å². The van der Waals surface area contributed by atoms with Crippen LogP contribution >= 0.6 is 0 Å². The number of carbonyl (C=O) groups is 3. The van der Waals surface area contributed by atoms with Crippen molar-refractivity contribution in [3.05, 3.63) is 59.7 Å². The summed E-state index contributed by atoms with van der Waals surface area (Å²) < 4.78 is 44.0. The van der Waals surface area contributed by atoms with Gasteiger partial charge in [0, 0.05) is 12.3 Å². The zero-order valence-corrected chi connectivity index (χ0v) is 18.0. The topological polar surface area (TPSA) is 105 Å². The van der Waals surface area contributed by atoms with Crippen LogP contribution in [0.15, 0.2) is 48.5 Å². The van der Waals surface area contributed by atoms with Crippen molar-refractivity contribution in [2.24, 2.45) is 0 Å². The number of rotatable bonds is 7. The Hall–Kier alpha value is -3.56. The molecule has 2 aliphatic carbocycles. The van der Waals surface area contributed by atoms with E-state index in [4.69, 9.17) is 9.84 Å². The van der Waals surface area contributed by atoms with Crippen molar-refractivity contribution in [2.75, 3.05) is 6.61 Å². The average Bonchev–Trinajstić information content (AvgIpc) is 3.07. The molecule has 0 heterocycles. The maximum Gasteiger partial charge on any atom is 0.419 e. The average molecular weight is 476 g/mol. The molecule has 2 aromatic carbocycles. The Labute approximate surface area is 193 Å². The Bertz CT molecular complexity index is 1070. The van der Waals surface area contributed by atoms with Crippen LogP contribution in [-0.4, -0.2) is 47.4 Å². The minimum absolute atomic E-state index is 0.0529. The fourth-order valence-corrected chi connectivity index (χ4v) is 4.60. The molecule has 2 aliphatic rings. The van der Waals surface area contributed by atoms with Gasteiger partial charge in [-0.25, -0.2) is 9.59 Å². The zero-order valence-electron chi connectivity index (χ0n) is 18.0. The lowest BCUT2D eigenvalue weighted by Crippen LogP contribution is -2.58. The molecule has 4 rings (SSSR count). The highest BCUT2D eigenvalue weighted by Gasteiger charge is 2.48. The standard InChI is InChI=1S/C24H23F3N2O5/c25-24(26,27)20(21(31)32)28-19(30)12-23(10-5-11-23)29-22(33)34-13-18-16-8-3-1-6-14(16)15-7-2-4-9-17(15)18/h1-4,6-9,18,20H,5,10-13H2,(H,28,30)(H,29,33)(H,31,32). The highest BCUT2D eigenvalue weighted by molar-refractivity contribution is 5.85. The van der Waals surface area contributed by atoms with Gasteiger partial charge in [0.1, 0.15) is 6.61 Å². The third-order valence-corrected chi connectivity index (χ3v) is 6.40. The van der Waals surface area contributed by atoms with Gasteiger partial charge >= 0.3 is 18.2 Å². The number of aliphatic carboxylic acids is 1. The number of hydrogen-bond acceptors (Lipinski definition) is 4. The van der Waals surface area contributed by atoms with Crippen LogP contribution in [0, 0.1) is 0 Å². The maximum atomic E-state index is 12.8. The van der Waals surface area contributed by atoms with Crippen molar-refractivity contribution < 1.29 is 37.4 Å². The van der Waals surface area contributed by atoms with Crippen molar-refractivity contribution in [1.29, 1.82) is 0 Å². The summed E-state index contributed by atoms with van der Waals surface area (Å²) in [4.78, 5) is 35.6. The van der Waals surface area contributed by atoms with Crippen LogP contribution in [0.1, 0.15) is 42.7 Å². The number of amides is 2. The van der Waals surface area contributed by atoms with Crippen molar-refractivity contribution in [1.82, 2.24) is 10.6 Å². The monoisotopic (exact) mass is 476 g/mol. The fraction of sp³-hybridized carbons (Fsp3) is 0.375. The number of carbonyl (C=O) groups excluding carboxylic acids is 2. The molecule has 0 radical (unpaired) electrons. The summed E-state index contributed by atoms with van der Waals surface area (Å²) in [5.74, 6) is -3.47. The van der Waals surface area contributed by atoms with Crippen molar-refractivity contribution in [2.45, 2.75) is 49.4 Å². The number of alkyl carbamates (subject to hydrolysis) is 1. The van der Waals surface area contributed by atoms with Crippen LogP contribution in [0.3, 0.4) is 0 Å². The minimum Gasteiger partial charge on any atom is -0.479 e. The Morgan fingerprint density at radius 1 is 1.03 bits per heavy atom. The first kappa shape index (κ1) is 23.6. The van der Waals surface area contributed by atoms with E-state index < -0.39 is 42.1 Å². The summed E-state index contributed by atoms with van der Waals surface area (Å²) >= 11 is 0. The molecule has 2 aromatic rings. The number of benzene rings is 2. The summed E-state index contributed by atoms with van der Waals surface area (Å²) in [6, 6.07) is 12.6. The molecule has 1 saturated carbocycles. The van der Waals surface area contributed by atoms with Crippen LogP contribution in [0.5, 0.6) is 0 Å². The van der Waals surface area contributed by atoms with Crippen LogP contribution < -0.4 is 10.6 Å². The number of carboxylic acid groups (broad SMARTS) is 1. The largest absolute Gasteiger partial charge is 0.479 e. The number of hydrogen-bond donors (Lipinski definition) is 3. The predicted octanol–water partition coefficient (Wildman–Crippen LogP) is 3.97. The smallest absolute Gasteiger partial charge is 0.419 e. The molecule has 1 atom stereocenters. The summed E-state index contributed by atoms with van der Waals surface area (Å²) in [7, 11) is 0. The third kappa shape index (κ3) is 4.71. The van der Waals surface area contributed by atoms with Crippen molar-refractivity contribution in [3.63, 3.8) is 0 Å². The van der Waals surface area contributed by atoms with Gasteiger partial charge < -0.3 is 20.5 Å². The molecular weight excluding hydrogens is 453 g/mol. The Morgan fingerprint density at radius 2 is 1.59 bits per heavy atom. The van der Waals surface area contributed by atoms with E-state index in [0.717, 1.165) is 22.3 Å². The van der Waals surface area contributed by atoms with E-state index in [-0.39, 0.29) is 12.5 Å². The molecular formula is C24H23F3N2O5. The van der Waals surface area contributed by atoms with Gasteiger partial charge in [0.15, 0.2) is 0 Å². The Morgan fingerprint density at radius 3 is 2.06 bits per heavy atom. The third-order valence-electron chi connectivity index (χ3n) is 6.40. The highest BCUT2D eigenvalue weighted by atomic mass is 19.4. The van der Waals surface area contributed by atoms with E-state index in [2.05, 4.69) is 5.32 Å². The Balaban J connectivity index is 1.38. The molecule has 0 aliphatic heterocycles. The van der Waals surface area contributed by atoms with Gasteiger partial charge in [-0.1, -0.05) is 48.5 Å². The SMILES string of the molecule is O=C(CC1(NC(=O)OCC2c3ccccc3-c3ccccc32)CCC1)NC(C(=O)O)C(F)(F)F. The molecule has 2 amide bonds. The Kier molecular flexibility index (Phi) is 6.24. The number of halogens is 3.